The summed E-state index contributed by atoms with van der Waals surface area (Å²) in [5.41, 5.74) is 9.70. The lowest BCUT2D eigenvalue weighted by atomic mass is 10.1. The Balaban J connectivity index is 2.31. The number of hydrogen-bond acceptors (Lipinski definition) is 2. The predicted octanol–water partition coefficient (Wildman–Crippen LogP) is 2.73. The lowest BCUT2D eigenvalue weighted by Crippen LogP contribution is -2.21. The van der Waals surface area contributed by atoms with E-state index in [-0.39, 0.29) is 11.2 Å². The van der Waals surface area contributed by atoms with Gasteiger partial charge in [0.25, 0.3) is 5.56 Å². The van der Waals surface area contributed by atoms with Gasteiger partial charge in [0.1, 0.15) is 5.69 Å². The minimum Gasteiger partial charge on any atom is -0.392 e. The van der Waals surface area contributed by atoms with E-state index in [0.29, 0.717) is 0 Å². The van der Waals surface area contributed by atoms with Gasteiger partial charge < -0.3 is 5.73 Å². The van der Waals surface area contributed by atoms with Crippen molar-refractivity contribution in [1.29, 1.82) is 0 Å². The molecule has 0 saturated carbocycles. The molecule has 21 heavy (non-hydrogen) atoms. The highest BCUT2D eigenvalue weighted by molar-refractivity contribution is 5.73. The Morgan fingerprint density at radius 3 is 2.24 bits per heavy atom. The maximum atomic E-state index is 12.6. The van der Waals surface area contributed by atoms with E-state index in [9.17, 15) is 4.79 Å². The number of benzene rings is 2. The van der Waals surface area contributed by atoms with Crippen LogP contribution in [-0.2, 0) is 7.05 Å². The van der Waals surface area contributed by atoms with Crippen molar-refractivity contribution in [2.75, 3.05) is 5.73 Å². The number of rotatable bonds is 2. The average molecular weight is 279 g/mol. The number of nitrogens with zero attached hydrogens (tertiary/aromatic N) is 2. The van der Waals surface area contributed by atoms with Crippen molar-refractivity contribution in [1.82, 2.24) is 9.36 Å². The Morgan fingerprint density at radius 2 is 1.57 bits per heavy atom. The van der Waals surface area contributed by atoms with Crippen molar-refractivity contribution in [2.24, 2.45) is 7.05 Å². The molecule has 0 spiro atoms. The maximum absolute atomic E-state index is 12.6. The van der Waals surface area contributed by atoms with Gasteiger partial charge in [0.05, 0.1) is 11.4 Å². The van der Waals surface area contributed by atoms with Crippen molar-refractivity contribution in [3.05, 3.63) is 70.5 Å². The number of aromatic nitrogens is 2. The summed E-state index contributed by atoms with van der Waals surface area (Å²) in [5, 5.41) is 0. The number of hydrogen-bond donors (Lipinski definition) is 1. The van der Waals surface area contributed by atoms with E-state index in [2.05, 4.69) is 0 Å². The SMILES string of the molecule is Cc1ccccc1-n1c(=O)c(N)c(-c2ccccc2)n1C. The number of nitrogens with two attached hydrogens (primary N) is 1. The Kier molecular flexibility index (Phi) is 3.14. The molecular formula is C17H17N3O. The van der Waals surface area contributed by atoms with E-state index in [4.69, 9.17) is 5.73 Å². The summed E-state index contributed by atoms with van der Waals surface area (Å²) in [6.45, 7) is 1.98. The van der Waals surface area contributed by atoms with Crippen LogP contribution in [0.25, 0.3) is 16.9 Å². The summed E-state index contributed by atoms with van der Waals surface area (Å²) < 4.78 is 3.43. The first-order chi connectivity index (χ1) is 10.1. The molecule has 0 aliphatic heterocycles. The molecule has 4 heteroatoms. The number of para-hydroxylation sites is 1. The predicted molar refractivity (Wildman–Crippen MR) is 85.6 cm³/mol. The highest BCUT2D eigenvalue weighted by Gasteiger charge is 2.18. The van der Waals surface area contributed by atoms with Gasteiger partial charge in [-0.25, -0.2) is 4.68 Å². The third-order valence-electron chi connectivity index (χ3n) is 3.69. The smallest absolute Gasteiger partial charge is 0.295 e. The summed E-state index contributed by atoms with van der Waals surface area (Å²) >= 11 is 0. The Bertz CT molecular complexity index is 844. The first-order valence-electron chi connectivity index (χ1n) is 6.80. The molecule has 0 fully saturated rings. The highest BCUT2D eigenvalue weighted by Crippen LogP contribution is 2.25. The van der Waals surface area contributed by atoms with Gasteiger partial charge in [0.15, 0.2) is 0 Å². The monoisotopic (exact) mass is 279 g/mol. The molecule has 0 bridgehead atoms. The van der Waals surface area contributed by atoms with E-state index >= 15 is 0 Å². The van der Waals surface area contributed by atoms with Crippen LogP contribution in [0.2, 0.25) is 0 Å². The van der Waals surface area contributed by atoms with E-state index in [1.807, 2.05) is 73.3 Å². The minimum atomic E-state index is -0.189. The topological polar surface area (TPSA) is 52.9 Å². The van der Waals surface area contributed by atoms with Crippen LogP contribution < -0.4 is 11.3 Å². The second-order valence-corrected chi connectivity index (χ2v) is 5.06. The zero-order valence-electron chi connectivity index (χ0n) is 12.1. The largest absolute Gasteiger partial charge is 0.392 e. The van der Waals surface area contributed by atoms with Crippen LogP contribution in [-0.4, -0.2) is 9.36 Å². The first-order valence-corrected chi connectivity index (χ1v) is 6.80. The summed E-state index contributed by atoms with van der Waals surface area (Å²) in [4.78, 5) is 12.6. The van der Waals surface area contributed by atoms with E-state index in [0.717, 1.165) is 22.5 Å². The van der Waals surface area contributed by atoms with Crippen molar-refractivity contribution >= 4 is 5.69 Å². The second-order valence-electron chi connectivity index (χ2n) is 5.06. The van der Waals surface area contributed by atoms with E-state index in [1.165, 1.54) is 0 Å². The fourth-order valence-corrected chi connectivity index (χ4v) is 2.64. The van der Waals surface area contributed by atoms with E-state index < -0.39 is 0 Å². The lowest BCUT2D eigenvalue weighted by Gasteiger charge is -2.12. The maximum Gasteiger partial charge on any atom is 0.295 e. The summed E-state index contributed by atoms with van der Waals surface area (Å²) in [7, 11) is 1.85. The second kappa shape index (κ2) is 4.98. The zero-order valence-corrected chi connectivity index (χ0v) is 12.1. The molecule has 2 aromatic carbocycles. The van der Waals surface area contributed by atoms with Gasteiger partial charge >= 0.3 is 0 Å². The zero-order chi connectivity index (χ0) is 15.0. The van der Waals surface area contributed by atoms with Crippen LogP contribution in [0.15, 0.2) is 59.4 Å². The van der Waals surface area contributed by atoms with Crippen molar-refractivity contribution in [2.45, 2.75) is 6.92 Å². The normalized spacial score (nSPS) is 10.8. The van der Waals surface area contributed by atoms with E-state index in [1.54, 1.807) is 4.68 Å². The molecule has 0 saturated heterocycles. The molecule has 3 rings (SSSR count). The molecule has 4 nitrogen and oxygen atoms in total. The van der Waals surface area contributed by atoms with Gasteiger partial charge in [-0.3, -0.25) is 9.48 Å². The van der Waals surface area contributed by atoms with Crippen LogP contribution in [0.1, 0.15) is 5.56 Å². The Labute approximate surface area is 123 Å². The Hall–Kier alpha value is -2.75. The molecule has 0 amide bonds. The molecule has 0 radical (unpaired) electrons. The molecule has 1 aromatic heterocycles. The van der Waals surface area contributed by atoms with Gasteiger partial charge in [0, 0.05) is 12.6 Å². The summed E-state index contributed by atoms with van der Waals surface area (Å²) in [6, 6.07) is 17.5. The molecule has 3 aromatic rings. The van der Waals surface area contributed by atoms with Crippen molar-refractivity contribution in [3.8, 4) is 16.9 Å². The summed E-state index contributed by atoms with van der Waals surface area (Å²) in [5.74, 6) is 0. The molecule has 0 atom stereocenters. The number of aryl methyl sites for hydroxylation is 1. The molecule has 0 aliphatic carbocycles. The van der Waals surface area contributed by atoms with Gasteiger partial charge in [0.2, 0.25) is 0 Å². The minimum absolute atomic E-state index is 0.189. The molecule has 0 aliphatic rings. The lowest BCUT2D eigenvalue weighted by molar-refractivity contribution is 0.650. The molecular weight excluding hydrogens is 262 g/mol. The molecule has 0 unspecified atom stereocenters. The van der Waals surface area contributed by atoms with Crippen LogP contribution in [0.3, 0.4) is 0 Å². The quantitative estimate of drug-likeness (QED) is 0.784. The standard InChI is InChI=1S/C17H17N3O/c1-12-8-6-7-11-14(12)20-17(21)15(18)16(19(20)2)13-9-4-3-5-10-13/h3-11H,18H2,1-2H3. The summed E-state index contributed by atoms with van der Waals surface area (Å²) in [6.07, 6.45) is 0. The van der Waals surface area contributed by atoms with Crippen LogP contribution in [0, 0.1) is 6.92 Å². The Morgan fingerprint density at radius 1 is 0.952 bits per heavy atom. The molecule has 1 heterocycles. The average Bonchev–Trinajstić information content (AvgIpc) is 2.71. The van der Waals surface area contributed by atoms with Gasteiger partial charge in [-0.2, -0.15) is 0 Å². The third kappa shape index (κ3) is 2.05. The number of anilines is 1. The van der Waals surface area contributed by atoms with Gasteiger partial charge in [-0.05, 0) is 18.6 Å². The van der Waals surface area contributed by atoms with Crippen LogP contribution in [0.4, 0.5) is 5.69 Å². The molecule has 2 N–H and O–H groups in total. The van der Waals surface area contributed by atoms with Gasteiger partial charge in [-0.15, -0.1) is 0 Å². The first kappa shape index (κ1) is 13.2. The van der Waals surface area contributed by atoms with Crippen molar-refractivity contribution in [3.63, 3.8) is 0 Å². The highest BCUT2D eigenvalue weighted by atomic mass is 16.1. The van der Waals surface area contributed by atoms with Crippen LogP contribution in [0.5, 0.6) is 0 Å². The fourth-order valence-electron chi connectivity index (χ4n) is 2.64. The van der Waals surface area contributed by atoms with Crippen molar-refractivity contribution < 1.29 is 0 Å². The molecule has 106 valence electrons. The number of nitrogen functional groups attached to an aromatic ring is 1. The van der Waals surface area contributed by atoms with Crippen LogP contribution >= 0.6 is 0 Å². The van der Waals surface area contributed by atoms with Gasteiger partial charge in [-0.1, -0.05) is 48.5 Å². The fraction of sp³-hybridized carbons (Fsp3) is 0.118. The third-order valence-corrected chi connectivity index (χ3v) is 3.69.